The molecule has 1 aromatic carbocycles. The molecule has 1 saturated heterocycles. The monoisotopic (exact) mass is 354 g/mol. The first-order valence-corrected chi connectivity index (χ1v) is 8.56. The second-order valence-electron chi connectivity index (χ2n) is 5.74. The van der Waals surface area contributed by atoms with Crippen molar-refractivity contribution in [2.45, 2.75) is 31.5 Å². The van der Waals surface area contributed by atoms with E-state index in [1.807, 2.05) is 31.6 Å². The topological polar surface area (TPSA) is 36.3 Å². The molecule has 0 aliphatic carbocycles. The molecule has 1 aliphatic rings. The molecule has 1 fully saturated rings. The molecule has 4 nitrogen and oxygen atoms in total. The normalized spacial score (nSPS) is 16.8. The van der Waals surface area contributed by atoms with Gasteiger partial charge in [0.15, 0.2) is 5.79 Å². The van der Waals surface area contributed by atoms with E-state index in [0.717, 1.165) is 37.1 Å². The molecule has 124 valence electrons. The largest absolute Gasteiger partial charge is 0.343 e. The van der Waals surface area contributed by atoms with Gasteiger partial charge in [0, 0.05) is 42.9 Å². The number of hydrogen-bond acceptors (Lipinski definition) is 3. The summed E-state index contributed by atoms with van der Waals surface area (Å²) in [5.74, 6) is 0.348. The summed E-state index contributed by atoms with van der Waals surface area (Å²) in [4.78, 5) is 4.35. The number of ether oxygens (including phenoxy) is 2. The minimum absolute atomic E-state index is 0.582. The van der Waals surface area contributed by atoms with E-state index in [0.29, 0.717) is 23.3 Å². The molecule has 0 unspecified atom stereocenters. The van der Waals surface area contributed by atoms with Gasteiger partial charge in [-0.3, -0.25) is 0 Å². The summed E-state index contributed by atoms with van der Waals surface area (Å²) in [6.45, 7) is 1.16. The van der Waals surface area contributed by atoms with Gasteiger partial charge in [-0.15, -0.1) is 0 Å². The molecule has 2 aromatic rings. The Kier molecular flexibility index (Phi) is 5.27. The summed E-state index contributed by atoms with van der Waals surface area (Å²) in [5, 5.41) is 1.20. The molecule has 0 N–H and O–H groups in total. The zero-order chi connectivity index (χ0) is 16.3. The van der Waals surface area contributed by atoms with Crippen molar-refractivity contribution in [2.75, 3.05) is 13.2 Å². The number of aryl methyl sites for hydroxylation is 2. The highest BCUT2D eigenvalue weighted by atomic mass is 35.5. The maximum absolute atomic E-state index is 6.36. The minimum Gasteiger partial charge on any atom is -0.343 e. The zero-order valence-corrected chi connectivity index (χ0v) is 14.6. The van der Waals surface area contributed by atoms with Crippen LogP contribution in [0.3, 0.4) is 0 Å². The van der Waals surface area contributed by atoms with Gasteiger partial charge in [-0.25, -0.2) is 4.98 Å². The van der Waals surface area contributed by atoms with Crippen LogP contribution in [0.1, 0.15) is 30.7 Å². The molecule has 0 bridgehead atoms. The zero-order valence-electron chi connectivity index (χ0n) is 13.1. The molecule has 0 atom stereocenters. The smallest absolute Gasteiger partial charge is 0.196 e. The van der Waals surface area contributed by atoms with Gasteiger partial charge in [0.1, 0.15) is 5.82 Å². The lowest BCUT2D eigenvalue weighted by molar-refractivity contribution is -0.171. The van der Waals surface area contributed by atoms with Crippen LogP contribution in [-0.2, 0) is 28.7 Å². The van der Waals surface area contributed by atoms with Crippen molar-refractivity contribution < 1.29 is 9.47 Å². The predicted molar refractivity (Wildman–Crippen MR) is 90.8 cm³/mol. The summed E-state index contributed by atoms with van der Waals surface area (Å²) < 4.78 is 13.9. The molecular weight excluding hydrogens is 335 g/mol. The van der Waals surface area contributed by atoms with Gasteiger partial charge in [0.25, 0.3) is 0 Å². The first-order valence-electron chi connectivity index (χ1n) is 7.80. The lowest BCUT2D eigenvalue weighted by Crippen LogP contribution is -2.27. The number of rotatable bonds is 6. The van der Waals surface area contributed by atoms with Crippen molar-refractivity contribution in [3.05, 3.63) is 52.0 Å². The van der Waals surface area contributed by atoms with E-state index in [1.54, 1.807) is 6.07 Å². The van der Waals surface area contributed by atoms with Gasteiger partial charge in [-0.2, -0.15) is 0 Å². The van der Waals surface area contributed by atoms with Gasteiger partial charge in [-0.1, -0.05) is 29.3 Å². The average molecular weight is 355 g/mol. The third-order valence-corrected chi connectivity index (χ3v) is 4.72. The van der Waals surface area contributed by atoms with Crippen LogP contribution < -0.4 is 0 Å². The second kappa shape index (κ2) is 7.22. The van der Waals surface area contributed by atoms with E-state index >= 15 is 0 Å². The van der Waals surface area contributed by atoms with E-state index in [4.69, 9.17) is 32.7 Å². The van der Waals surface area contributed by atoms with Gasteiger partial charge in [0.2, 0.25) is 0 Å². The highest BCUT2D eigenvalue weighted by molar-refractivity contribution is 6.35. The molecular formula is C17H20Cl2N2O2. The van der Waals surface area contributed by atoms with E-state index in [2.05, 4.69) is 9.55 Å². The molecule has 0 radical (unpaired) electrons. The number of imidazole rings is 1. The van der Waals surface area contributed by atoms with Gasteiger partial charge >= 0.3 is 0 Å². The molecule has 2 heterocycles. The molecule has 6 heteroatoms. The SMILES string of the molecule is Cn1ccnc1CCCCC1(c2ccc(Cl)cc2Cl)OCCO1. The molecule has 1 aliphatic heterocycles. The second-order valence-corrected chi connectivity index (χ2v) is 6.58. The number of hydrogen-bond donors (Lipinski definition) is 0. The first-order chi connectivity index (χ1) is 11.1. The Morgan fingerprint density at radius 1 is 1.22 bits per heavy atom. The maximum atomic E-state index is 6.36. The van der Waals surface area contributed by atoms with Crippen molar-refractivity contribution in [3.63, 3.8) is 0 Å². The molecule has 3 rings (SSSR count). The number of unbranched alkanes of at least 4 members (excludes halogenated alkanes) is 1. The standard InChI is InChI=1S/C17H20Cl2N2O2/c1-21-9-8-20-16(21)4-2-3-7-17(22-10-11-23-17)14-6-5-13(18)12-15(14)19/h5-6,8-9,12H,2-4,7,10-11H2,1H3. The highest BCUT2D eigenvalue weighted by Gasteiger charge is 2.39. The first kappa shape index (κ1) is 16.8. The molecule has 0 amide bonds. The van der Waals surface area contributed by atoms with Crippen molar-refractivity contribution in [1.29, 1.82) is 0 Å². The Hall–Kier alpha value is -1.07. The summed E-state index contributed by atoms with van der Waals surface area (Å²) >= 11 is 12.3. The Balaban J connectivity index is 1.65. The lowest BCUT2D eigenvalue weighted by Gasteiger charge is -2.29. The average Bonchev–Trinajstić information content (AvgIpc) is 3.14. The van der Waals surface area contributed by atoms with Crippen molar-refractivity contribution >= 4 is 23.2 Å². The van der Waals surface area contributed by atoms with Crippen LogP contribution in [-0.4, -0.2) is 22.8 Å². The number of benzene rings is 1. The minimum atomic E-state index is -0.747. The Labute approximate surface area is 146 Å². The summed E-state index contributed by atoms with van der Waals surface area (Å²) in [5.41, 5.74) is 0.859. The van der Waals surface area contributed by atoms with Gasteiger partial charge < -0.3 is 14.0 Å². The van der Waals surface area contributed by atoms with Crippen LogP contribution in [0.4, 0.5) is 0 Å². The Morgan fingerprint density at radius 3 is 2.65 bits per heavy atom. The molecule has 1 aromatic heterocycles. The van der Waals surface area contributed by atoms with Crippen molar-refractivity contribution in [2.24, 2.45) is 7.05 Å². The fourth-order valence-corrected chi connectivity index (χ4v) is 3.52. The van der Waals surface area contributed by atoms with Crippen LogP contribution in [0.5, 0.6) is 0 Å². The highest BCUT2D eigenvalue weighted by Crippen LogP contribution is 2.40. The van der Waals surface area contributed by atoms with Crippen molar-refractivity contribution in [1.82, 2.24) is 9.55 Å². The summed E-state index contributed by atoms with van der Waals surface area (Å²) in [7, 11) is 2.01. The Morgan fingerprint density at radius 2 is 2.00 bits per heavy atom. The Bertz CT molecular complexity index is 666. The van der Waals surface area contributed by atoms with Crippen LogP contribution in [0.2, 0.25) is 10.0 Å². The maximum Gasteiger partial charge on any atom is 0.196 e. The predicted octanol–water partition coefficient (Wildman–Crippen LogP) is 4.34. The number of aromatic nitrogens is 2. The van der Waals surface area contributed by atoms with E-state index in [1.165, 1.54) is 0 Å². The van der Waals surface area contributed by atoms with Crippen molar-refractivity contribution in [3.8, 4) is 0 Å². The number of nitrogens with zero attached hydrogens (tertiary/aromatic N) is 2. The lowest BCUT2D eigenvalue weighted by atomic mass is 9.98. The fourth-order valence-electron chi connectivity index (χ4n) is 2.97. The van der Waals surface area contributed by atoms with Crippen LogP contribution in [0, 0.1) is 0 Å². The quantitative estimate of drug-likeness (QED) is 0.724. The van der Waals surface area contributed by atoms with Crippen LogP contribution in [0.15, 0.2) is 30.6 Å². The molecule has 23 heavy (non-hydrogen) atoms. The third-order valence-electron chi connectivity index (χ3n) is 4.17. The van der Waals surface area contributed by atoms with E-state index in [9.17, 15) is 0 Å². The van der Waals surface area contributed by atoms with Gasteiger partial charge in [-0.05, 0) is 25.0 Å². The van der Waals surface area contributed by atoms with Gasteiger partial charge in [0.05, 0.1) is 18.2 Å². The summed E-state index contributed by atoms with van der Waals surface area (Å²) in [6.07, 6.45) is 7.48. The molecule has 0 saturated carbocycles. The van der Waals surface area contributed by atoms with Crippen LogP contribution >= 0.6 is 23.2 Å². The van der Waals surface area contributed by atoms with E-state index in [-0.39, 0.29) is 0 Å². The number of halogens is 2. The molecule has 0 spiro atoms. The van der Waals surface area contributed by atoms with E-state index < -0.39 is 5.79 Å². The fraction of sp³-hybridized carbons (Fsp3) is 0.471. The summed E-state index contributed by atoms with van der Waals surface area (Å²) in [6, 6.07) is 5.46. The third kappa shape index (κ3) is 3.72. The van der Waals surface area contributed by atoms with Crippen LogP contribution in [0.25, 0.3) is 0 Å².